The standard InChI is InChI=1S/C31H23NO5S/c1-20-16-18-23(19-17-20)38(35,36)32-28(21-10-4-2-5-11-21)27-26(24-14-8-9-15-25(24)37-31(27)34)29(32)30(33)22-12-6-3-7-13-22/h2-19,26,29H,1H3. The molecule has 0 saturated heterocycles. The molecule has 0 fully saturated rings. The van der Waals surface area contributed by atoms with E-state index in [-0.39, 0.29) is 16.2 Å². The molecule has 4 aromatic carbocycles. The average molecular weight is 522 g/mol. The number of sulfonamides is 1. The summed E-state index contributed by atoms with van der Waals surface area (Å²) in [6.45, 7) is 1.87. The lowest BCUT2D eigenvalue weighted by atomic mass is 9.81. The predicted octanol–water partition coefficient (Wildman–Crippen LogP) is 5.36. The first-order chi connectivity index (χ1) is 18.4. The summed E-state index contributed by atoms with van der Waals surface area (Å²) in [5.74, 6) is -1.60. The molecular weight excluding hydrogens is 498 g/mol. The Kier molecular flexibility index (Phi) is 5.73. The number of carbonyl (C=O) groups excluding carboxylic acids is 2. The quantitative estimate of drug-likeness (QED) is 0.201. The number of hydrogen-bond acceptors (Lipinski definition) is 5. The summed E-state index contributed by atoms with van der Waals surface area (Å²) in [4.78, 5) is 27.9. The van der Waals surface area contributed by atoms with Crippen molar-refractivity contribution in [2.45, 2.75) is 23.8 Å². The van der Waals surface area contributed by atoms with E-state index in [0.717, 1.165) is 9.87 Å². The molecule has 2 heterocycles. The third-order valence-corrected chi connectivity index (χ3v) is 8.78. The van der Waals surface area contributed by atoms with Crippen molar-refractivity contribution in [2.75, 3.05) is 0 Å². The SMILES string of the molecule is Cc1ccc(S(=O)(=O)N2C(c3ccccc3)=C3C(=O)Oc4ccccc4C3C2C(=O)c2ccccc2)cc1. The second kappa shape index (κ2) is 9.11. The number of hydrogen-bond donors (Lipinski definition) is 0. The van der Waals surface area contributed by atoms with Crippen LogP contribution in [0, 0.1) is 6.92 Å². The highest BCUT2D eigenvalue weighted by Gasteiger charge is 2.55. The van der Waals surface area contributed by atoms with Crippen molar-refractivity contribution in [2.24, 2.45) is 0 Å². The predicted molar refractivity (Wildman–Crippen MR) is 143 cm³/mol. The number of esters is 1. The molecule has 4 aromatic rings. The van der Waals surface area contributed by atoms with E-state index in [2.05, 4.69) is 0 Å². The summed E-state index contributed by atoms with van der Waals surface area (Å²) >= 11 is 0. The number of para-hydroxylation sites is 1. The Hall–Kier alpha value is -4.49. The lowest BCUT2D eigenvalue weighted by Gasteiger charge is -2.32. The number of ether oxygens (including phenoxy) is 1. The number of ketones is 1. The Morgan fingerprint density at radius 1 is 0.789 bits per heavy atom. The van der Waals surface area contributed by atoms with Crippen molar-refractivity contribution >= 4 is 27.5 Å². The zero-order chi connectivity index (χ0) is 26.4. The van der Waals surface area contributed by atoms with E-state index in [9.17, 15) is 18.0 Å². The minimum Gasteiger partial charge on any atom is -0.423 e. The third kappa shape index (κ3) is 3.74. The molecule has 0 aromatic heterocycles. The lowest BCUT2D eigenvalue weighted by molar-refractivity contribution is -0.131. The van der Waals surface area contributed by atoms with Gasteiger partial charge in [0.1, 0.15) is 11.8 Å². The van der Waals surface area contributed by atoms with Gasteiger partial charge in [0, 0.05) is 11.1 Å². The van der Waals surface area contributed by atoms with Crippen LogP contribution in [-0.4, -0.2) is 30.5 Å². The first-order valence-electron chi connectivity index (χ1n) is 12.2. The van der Waals surface area contributed by atoms with Crippen LogP contribution in [0.4, 0.5) is 0 Å². The zero-order valence-electron chi connectivity index (χ0n) is 20.4. The molecule has 38 heavy (non-hydrogen) atoms. The number of rotatable bonds is 5. The molecule has 0 aliphatic carbocycles. The first kappa shape index (κ1) is 23.9. The van der Waals surface area contributed by atoms with Crippen molar-refractivity contribution in [1.82, 2.24) is 4.31 Å². The highest BCUT2D eigenvalue weighted by atomic mass is 32.2. The summed E-state index contributed by atoms with van der Waals surface area (Å²) < 4.78 is 35.7. The molecule has 0 amide bonds. The Balaban J connectivity index is 1.68. The zero-order valence-corrected chi connectivity index (χ0v) is 21.3. The molecular formula is C31H23NO5S. The monoisotopic (exact) mass is 521 g/mol. The number of fused-ring (bicyclic) bond motifs is 3. The van der Waals surface area contributed by atoms with Crippen molar-refractivity contribution in [3.8, 4) is 5.75 Å². The van der Waals surface area contributed by atoms with Crippen LogP contribution in [0.1, 0.15) is 33.0 Å². The van der Waals surface area contributed by atoms with E-state index in [1.165, 1.54) is 12.1 Å². The van der Waals surface area contributed by atoms with Gasteiger partial charge in [-0.25, -0.2) is 13.2 Å². The summed E-state index contributed by atoms with van der Waals surface area (Å²) in [6.07, 6.45) is 0. The molecule has 0 saturated carbocycles. The molecule has 188 valence electrons. The summed E-state index contributed by atoms with van der Waals surface area (Å²) in [7, 11) is -4.29. The molecule has 0 radical (unpaired) electrons. The van der Waals surface area contributed by atoms with Gasteiger partial charge >= 0.3 is 5.97 Å². The van der Waals surface area contributed by atoms with Gasteiger partial charge in [-0.3, -0.25) is 9.10 Å². The lowest BCUT2D eigenvalue weighted by Crippen LogP contribution is -2.44. The second-order valence-corrected chi connectivity index (χ2v) is 11.1. The average Bonchev–Trinajstić information content (AvgIpc) is 3.32. The minimum absolute atomic E-state index is 0.0308. The molecule has 0 spiro atoms. The van der Waals surface area contributed by atoms with Crippen LogP contribution in [0.5, 0.6) is 5.75 Å². The fraction of sp³-hybridized carbons (Fsp3) is 0.0968. The Morgan fingerprint density at radius 3 is 2.08 bits per heavy atom. The van der Waals surface area contributed by atoms with Gasteiger partial charge in [-0.2, -0.15) is 0 Å². The number of carbonyl (C=O) groups is 2. The van der Waals surface area contributed by atoms with Crippen LogP contribution in [0.2, 0.25) is 0 Å². The largest absolute Gasteiger partial charge is 0.423 e. The van der Waals surface area contributed by atoms with Crippen molar-refractivity contribution < 1.29 is 22.7 Å². The van der Waals surface area contributed by atoms with Crippen LogP contribution < -0.4 is 4.74 Å². The van der Waals surface area contributed by atoms with Gasteiger partial charge in [0.05, 0.1) is 22.1 Å². The van der Waals surface area contributed by atoms with E-state index in [1.807, 2.05) is 6.92 Å². The number of benzene rings is 4. The van der Waals surface area contributed by atoms with E-state index in [4.69, 9.17) is 4.74 Å². The topological polar surface area (TPSA) is 80.8 Å². The molecule has 2 aliphatic rings. The minimum atomic E-state index is -4.29. The molecule has 0 N–H and O–H groups in total. The van der Waals surface area contributed by atoms with Gasteiger partial charge < -0.3 is 4.74 Å². The van der Waals surface area contributed by atoms with Crippen LogP contribution >= 0.6 is 0 Å². The summed E-state index contributed by atoms with van der Waals surface area (Å²) in [6, 6.07) is 29.6. The van der Waals surface area contributed by atoms with E-state index >= 15 is 0 Å². The second-order valence-electron chi connectivity index (χ2n) is 9.32. The van der Waals surface area contributed by atoms with Gasteiger partial charge in [0.25, 0.3) is 10.0 Å². The highest BCUT2D eigenvalue weighted by molar-refractivity contribution is 7.89. The molecule has 2 atom stereocenters. The molecule has 0 bridgehead atoms. The van der Waals surface area contributed by atoms with Crippen molar-refractivity contribution in [1.29, 1.82) is 0 Å². The Morgan fingerprint density at radius 2 is 1.39 bits per heavy atom. The normalized spacial score (nSPS) is 18.6. The first-order valence-corrected chi connectivity index (χ1v) is 13.6. The van der Waals surface area contributed by atoms with Crippen LogP contribution in [0.15, 0.2) is 120 Å². The number of aryl methyl sites for hydroxylation is 1. The molecule has 6 nitrogen and oxygen atoms in total. The molecule has 2 aliphatic heterocycles. The van der Waals surface area contributed by atoms with E-state index in [0.29, 0.717) is 22.4 Å². The van der Waals surface area contributed by atoms with Gasteiger partial charge in [-0.1, -0.05) is 96.6 Å². The Bertz CT molecular complexity index is 1690. The van der Waals surface area contributed by atoms with Gasteiger partial charge in [-0.05, 0) is 30.7 Å². The van der Waals surface area contributed by atoms with E-state index < -0.39 is 33.7 Å². The van der Waals surface area contributed by atoms with Crippen molar-refractivity contribution in [3.63, 3.8) is 0 Å². The Labute approximate surface area is 220 Å². The van der Waals surface area contributed by atoms with Crippen LogP contribution in [0.25, 0.3) is 5.70 Å². The summed E-state index contributed by atoms with van der Waals surface area (Å²) in [5.41, 5.74) is 2.65. The number of nitrogens with zero attached hydrogens (tertiary/aromatic N) is 1. The maximum Gasteiger partial charge on any atom is 0.342 e. The smallest absolute Gasteiger partial charge is 0.342 e. The van der Waals surface area contributed by atoms with Gasteiger partial charge in [-0.15, -0.1) is 0 Å². The van der Waals surface area contributed by atoms with Gasteiger partial charge in [0.2, 0.25) is 0 Å². The van der Waals surface area contributed by atoms with Gasteiger partial charge in [0.15, 0.2) is 5.78 Å². The maximum absolute atomic E-state index is 14.4. The van der Waals surface area contributed by atoms with Crippen molar-refractivity contribution in [3.05, 3.63) is 137 Å². The molecule has 7 heteroatoms. The van der Waals surface area contributed by atoms with Crippen LogP contribution in [-0.2, 0) is 14.8 Å². The maximum atomic E-state index is 14.4. The fourth-order valence-corrected chi connectivity index (χ4v) is 6.90. The third-order valence-electron chi connectivity index (χ3n) is 6.98. The molecule has 2 unspecified atom stereocenters. The number of Topliss-reactive ketones (excluding diaryl/α,β-unsaturated/α-hetero) is 1. The molecule has 6 rings (SSSR count). The fourth-order valence-electron chi connectivity index (χ4n) is 5.24. The van der Waals surface area contributed by atoms with Crippen LogP contribution in [0.3, 0.4) is 0 Å². The van der Waals surface area contributed by atoms with E-state index in [1.54, 1.807) is 97.1 Å². The highest BCUT2D eigenvalue weighted by Crippen LogP contribution is 2.53. The summed E-state index contributed by atoms with van der Waals surface area (Å²) in [5, 5.41) is 0.